The van der Waals surface area contributed by atoms with Gasteiger partial charge in [0.2, 0.25) is 5.91 Å². The summed E-state index contributed by atoms with van der Waals surface area (Å²) in [5, 5.41) is 12.8. The zero-order valence-electron chi connectivity index (χ0n) is 11.7. The Morgan fingerprint density at radius 2 is 1.83 bits per heavy atom. The number of nitrogens with one attached hydrogen (secondary N) is 1. The van der Waals surface area contributed by atoms with Crippen molar-refractivity contribution in [1.82, 2.24) is 5.32 Å². The molecule has 2 saturated carbocycles. The summed E-state index contributed by atoms with van der Waals surface area (Å²) in [4.78, 5) is 12.2. The van der Waals surface area contributed by atoms with Gasteiger partial charge in [0, 0.05) is 18.4 Å². The second-order valence-electron chi connectivity index (χ2n) is 6.62. The molecule has 0 radical (unpaired) electrons. The summed E-state index contributed by atoms with van der Waals surface area (Å²) >= 11 is 0. The Morgan fingerprint density at radius 3 is 2.39 bits per heavy atom. The van der Waals surface area contributed by atoms with Gasteiger partial charge in [-0.25, -0.2) is 0 Å². The van der Waals surface area contributed by atoms with Crippen LogP contribution >= 0.6 is 0 Å². The Balaban J connectivity index is 1.77. The van der Waals surface area contributed by atoms with E-state index in [0.717, 1.165) is 32.1 Å². The van der Waals surface area contributed by atoms with Crippen LogP contribution in [0.4, 0.5) is 0 Å². The highest BCUT2D eigenvalue weighted by molar-refractivity contribution is 5.78. The first-order valence-electron chi connectivity index (χ1n) is 7.52. The van der Waals surface area contributed by atoms with Gasteiger partial charge in [-0.1, -0.05) is 20.3 Å². The fourth-order valence-electron chi connectivity index (χ4n) is 3.79. The second-order valence-corrected chi connectivity index (χ2v) is 6.62. The molecule has 2 aliphatic carbocycles. The largest absolute Gasteiger partial charge is 0.393 e. The molecule has 2 N–H and O–H groups in total. The van der Waals surface area contributed by atoms with Crippen LogP contribution in [0.3, 0.4) is 0 Å². The summed E-state index contributed by atoms with van der Waals surface area (Å²) in [6.07, 6.45) is 6.17. The Labute approximate surface area is 110 Å². The quantitative estimate of drug-likeness (QED) is 0.811. The summed E-state index contributed by atoms with van der Waals surface area (Å²) in [6, 6.07) is 0. The van der Waals surface area contributed by atoms with E-state index in [-0.39, 0.29) is 23.8 Å². The van der Waals surface area contributed by atoms with Crippen molar-refractivity contribution in [3.8, 4) is 0 Å². The van der Waals surface area contributed by atoms with E-state index in [4.69, 9.17) is 0 Å². The van der Waals surface area contributed by atoms with Gasteiger partial charge < -0.3 is 10.4 Å². The van der Waals surface area contributed by atoms with E-state index in [1.165, 1.54) is 6.42 Å². The van der Waals surface area contributed by atoms with Crippen LogP contribution in [0.5, 0.6) is 0 Å². The maximum atomic E-state index is 12.2. The van der Waals surface area contributed by atoms with Crippen LogP contribution in [0.1, 0.15) is 52.4 Å². The van der Waals surface area contributed by atoms with E-state index in [2.05, 4.69) is 19.2 Å². The number of hydrogen-bond acceptors (Lipinski definition) is 2. The minimum Gasteiger partial charge on any atom is -0.393 e. The molecule has 0 aromatic heterocycles. The Kier molecular flexibility index (Phi) is 4.66. The minimum atomic E-state index is -0.200. The molecule has 2 fully saturated rings. The summed E-state index contributed by atoms with van der Waals surface area (Å²) in [7, 11) is 0. The lowest BCUT2D eigenvalue weighted by molar-refractivity contribution is -0.127. The summed E-state index contributed by atoms with van der Waals surface area (Å²) in [6.45, 7) is 5.16. The third-order valence-corrected chi connectivity index (χ3v) is 4.71. The molecule has 3 heteroatoms. The molecule has 18 heavy (non-hydrogen) atoms. The molecule has 2 rings (SSSR count). The molecule has 0 heterocycles. The molecule has 4 unspecified atom stereocenters. The SMILES string of the molecule is CC1CC(C)CC(C(=O)NCC2CCCC2O)C1. The third-order valence-electron chi connectivity index (χ3n) is 4.71. The predicted octanol–water partition coefficient (Wildman–Crippen LogP) is 2.34. The zero-order chi connectivity index (χ0) is 13.1. The maximum Gasteiger partial charge on any atom is 0.223 e. The Bertz CT molecular complexity index is 282. The molecule has 1 amide bonds. The normalized spacial score (nSPS) is 40.7. The van der Waals surface area contributed by atoms with Crippen LogP contribution in [-0.4, -0.2) is 23.7 Å². The highest BCUT2D eigenvalue weighted by atomic mass is 16.3. The van der Waals surface area contributed by atoms with Crippen molar-refractivity contribution in [2.45, 2.75) is 58.5 Å². The van der Waals surface area contributed by atoms with Crippen molar-refractivity contribution in [2.75, 3.05) is 6.54 Å². The Morgan fingerprint density at radius 1 is 1.17 bits per heavy atom. The molecule has 0 saturated heterocycles. The first-order valence-corrected chi connectivity index (χ1v) is 7.52. The molecule has 3 nitrogen and oxygen atoms in total. The van der Waals surface area contributed by atoms with Crippen molar-refractivity contribution in [3.63, 3.8) is 0 Å². The monoisotopic (exact) mass is 253 g/mol. The van der Waals surface area contributed by atoms with Crippen LogP contribution in [0, 0.1) is 23.7 Å². The third kappa shape index (κ3) is 3.47. The molecule has 0 bridgehead atoms. The van der Waals surface area contributed by atoms with Crippen LogP contribution in [0.2, 0.25) is 0 Å². The van der Waals surface area contributed by atoms with E-state index >= 15 is 0 Å². The molecule has 0 aromatic rings. The molecule has 104 valence electrons. The number of rotatable bonds is 3. The van der Waals surface area contributed by atoms with Crippen LogP contribution in [0.25, 0.3) is 0 Å². The van der Waals surface area contributed by atoms with Gasteiger partial charge >= 0.3 is 0 Å². The number of amides is 1. The van der Waals surface area contributed by atoms with E-state index in [9.17, 15) is 9.90 Å². The summed E-state index contributed by atoms with van der Waals surface area (Å²) in [5.41, 5.74) is 0. The lowest BCUT2D eigenvalue weighted by Crippen LogP contribution is -2.39. The number of carbonyl (C=O) groups excluding carboxylic acids is 1. The van der Waals surface area contributed by atoms with Crippen molar-refractivity contribution in [2.24, 2.45) is 23.7 Å². The van der Waals surface area contributed by atoms with Gasteiger partial charge in [0.1, 0.15) is 0 Å². The van der Waals surface area contributed by atoms with Gasteiger partial charge in [-0.3, -0.25) is 4.79 Å². The van der Waals surface area contributed by atoms with Crippen molar-refractivity contribution >= 4 is 5.91 Å². The van der Waals surface area contributed by atoms with Crippen LogP contribution in [-0.2, 0) is 4.79 Å². The average Bonchev–Trinajstić information content (AvgIpc) is 2.70. The Hall–Kier alpha value is -0.570. The maximum absolute atomic E-state index is 12.2. The lowest BCUT2D eigenvalue weighted by atomic mass is 9.76. The van der Waals surface area contributed by atoms with E-state index in [0.29, 0.717) is 18.4 Å². The molecule has 2 aliphatic rings. The predicted molar refractivity (Wildman–Crippen MR) is 72.0 cm³/mol. The fourth-order valence-corrected chi connectivity index (χ4v) is 3.79. The van der Waals surface area contributed by atoms with E-state index in [1.54, 1.807) is 0 Å². The average molecular weight is 253 g/mol. The number of aliphatic hydroxyl groups is 1. The van der Waals surface area contributed by atoms with Gasteiger partial charge in [-0.15, -0.1) is 0 Å². The highest BCUT2D eigenvalue weighted by Crippen LogP contribution is 2.33. The van der Waals surface area contributed by atoms with Gasteiger partial charge in [-0.2, -0.15) is 0 Å². The number of carbonyl (C=O) groups is 1. The van der Waals surface area contributed by atoms with E-state index in [1.807, 2.05) is 0 Å². The minimum absolute atomic E-state index is 0.197. The zero-order valence-corrected chi connectivity index (χ0v) is 11.7. The van der Waals surface area contributed by atoms with Gasteiger partial charge in [0.25, 0.3) is 0 Å². The molecule has 0 aromatic carbocycles. The van der Waals surface area contributed by atoms with Crippen LogP contribution in [0.15, 0.2) is 0 Å². The van der Waals surface area contributed by atoms with Crippen LogP contribution < -0.4 is 5.32 Å². The summed E-state index contributed by atoms with van der Waals surface area (Å²) in [5.74, 6) is 2.03. The number of hydrogen-bond donors (Lipinski definition) is 2. The lowest BCUT2D eigenvalue weighted by Gasteiger charge is -2.31. The molecule has 0 aliphatic heterocycles. The molecular weight excluding hydrogens is 226 g/mol. The molecule has 0 spiro atoms. The summed E-state index contributed by atoms with van der Waals surface area (Å²) < 4.78 is 0. The number of aliphatic hydroxyl groups excluding tert-OH is 1. The van der Waals surface area contributed by atoms with Gasteiger partial charge in [-0.05, 0) is 43.9 Å². The smallest absolute Gasteiger partial charge is 0.223 e. The highest BCUT2D eigenvalue weighted by Gasteiger charge is 2.30. The standard InChI is InChI=1S/C15H27NO2/c1-10-6-11(2)8-13(7-10)15(18)16-9-12-4-3-5-14(12)17/h10-14,17H,3-9H2,1-2H3,(H,16,18). The fraction of sp³-hybridized carbons (Fsp3) is 0.933. The topological polar surface area (TPSA) is 49.3 Å². The second kappa shape index (κ2) is 6.05. The van der Waals surface area contributed by atoms with Crippen molar-refractivity contribution in [3.05, 3.63) is 0 Å². The van der Waals surface area contributed by atoms with Crippen molar-refractivity contribution in [1.29, 1.82) is 0 Å². The van der Waals surface area contributed by atoms with E-state index < -0.39 is 0 Å². The first kappa shape index (κ1) is 13.9. The molecular formula is C15H27NO2. The van der Waals surface area contributed by atoms with Crippen molar-refractivity contribution < 1.29 is 9.90 Å². The molecule has 4 atom stereocenters. The first-order chi connectivity index (χ1) is 8.56. The van der Waals surface area contributed by atoms with Gasteiger partial charge in [0.15, 0.2) is 0 Å². The van der Waals surface area contributed by atoms with Gasteiger partial charge in [0.05, 0.1) is 6.10 Å².